The van der Waals surface area contributed by atoms with Crippen LogP contribution in [-0.4, -0.2) is 5.78 Å². The molecule has 0 bridgehead atoms. The van der Waals surface area contributed by atoms with E-state index >= 15 is 0 Å². The summed E-state index contributed by atoms with van der Waals surface area (Å²) in [5.74, 6) is 1.21. The molecule has 1 aromatic rings. The summed E-state index contributed by atoms with van der Waals surface area (Å²) in [7, 11) is 0. The van der Waals surface area contributed by atoms with Crippen LogP contribution in [0.15, 0.2) is 42.5 Å². The first kappa shape index (κ1) is 13.4. The number of allylic oxidation sites excluding steroid dienone is 4. The zero-order valence-electron chi connectivity index (χ0n) is 12.7. The van der Waals surface area contributed by atoms with Crippen LogP contribution in [0.5, 0.6) is 0 Å². The highest BCUT2D eigenvalue weighted by molar-refractivity contribution is 5.97. The number of hydrogen-bond acceptors (Lipinski definition) is 1. The van der Waals surface area contributed by atoms with Gasteiger partial charge in [-0.2, -0.15) is 0 Å². The van der Waals surface area contributed by atoms with Crippen LogP contribution in [0.4, 0.5) is 0 Å². The van der Waals surface area contributed by atoms with Crippen LogP contribution in [0.2, 0.25) is 0 Å². The predicted octanol–water partition coefficient (Wildman–Crippen LogP) is 4.39. The number of fused-ring (bicyclic) bond motifs is 3. The highest BCUT2D eigenvalue weighted by Crippen LogP contribution is 2.57. The molecule has 0 N–H and O–H groups in total. The van der Waals surface area contributed by atoms with Crippen LogP contribution in [0.1, 0.15) is 38.8 Å². The summed E-state index contributed by atoms with van der Waals surface area (Å²) in [5, 5.41) is 0. The maximum Gasteiger partial charge on any atom is 0.159 e. The van der Waals surface area contributed by atoms with Gasteiger partial charge in [-0.25, -0.2) is 0 Å². The maximum atomic E-state index is 12.6. The third-order valence-electron chi connectivity index (χ3n) is 5.07. The fourth-order valence-electron chi connectivity index (χ4n) is 4.13. The Morgan fingerprint density at radius 3 is 2.60 bits per heavy atom. The van der Waals surface area contributed by atoms with E-state index < -0.39 is 0 Å². The Morgan fingerprint density at radius 2 is 1.95 bits per heavy atom. The van der Waals surface area contributed by atoms with Gasteiger partial charge in [-0.15, -0.1) is 0 Å². The number of carbonyl (C=O) groups excluding carboxylic acids is 1. The standard InChI is InChI=1S/C19H22O/c1-5-8-16(20)18-17-12(2)11-14(17)13-9-6-7-10-15(13)19(18,3)4/h5-12,17-18H,1-4H3. The normalized spacial score (nSPS) is 30.2. The average Bonchev–Trinajstić information content (AvgIpc) is 2.41. The topological polar surface area (TPSA) is 17.1 Å². The molecule has 3 atom stereocenters. The lowest BCUT2D eigenvalue weighted by Crippen LogP contribution is -2.48. The van der Waals surface area contributed by atoms with E-state index in [1.807, 2.05) is 13.0 Å². The van der Waals surface area contributed by atoms with E-state index in [1.54, 1.807) is 6.08 Å². The zero-order chi connectivity index (χ0) is 14.5. The summed E-state index contributed by atoms with van der Waals surface area (Å²) in [6, 6.07) is 8.58. The molecule has 0 radical (unpaired) electrons. The molecule has 0 heterocycles. The Kier molecular flexibility index (Phi) is 2.97. The quantitative estimate of drug-likeness (QED) is 0.726. The molecule has 1 heteroatoms. The molecule has 104 valence electrons. The first-order chi connectivity index (χ1) is 9.48. The summed E-state index contributed by atoms with van der Waals surface area (Å²) >= 11 is 0. The average molecular weight is 266 g/mol. The van der Waals surface area contributed by atoms with Gasteiger partial charge < -0.3 is 0 Å². The van der Waals surface area contributed by atoms with Crippen molar-refractivity contribution in [2.75, 3.05) is 0 Å². The molecule has 1 nitrogen and oxygen atoms in total. The Morgan fingerprint density at radius 1 is 1.25 bits per heavy atom. The third-order valence-corrected chi connectivity index (χ3v) is 5.07. The SMILES string of the molecule is CC=CC(=O)C1C2C(=CC2C)c2ccccc2C1(C)C. The molecule has 0 aliphatic heterocycles. The van der Waals surface area contributed by atoms with Crippen molar-refractivity contribution in [1.82, 2.24) is 0 Å². The lowest BCUT2D eigenvalue weighted by Gasteiger charge is -2.51. The maximum absolute atomic E-state index is 12.6. The highest BCUT2D eigenvalue weighted by Gasteiger charge is 2.51. The van der Waals surface area contributed by atoms with E-state index in [4.69, 9.17) is 0 Å². The Bertz CT molecular complexity index is 618. The van der Waals surface area contributed by atoms with Gasteiger partial charge in [0, 0.05) is 17.3 Å². The van der Waals surface area contributed by atoms with E-state index in [-0.39, 0.29) is 17.1 Å². The molecular formula is C19H22O. The molecule has 3 unspecified atom stereocenters. The van der Waals surface area contributed by atoms with Crippen molar-refractivity contribution < 1.29 is 4.79 Å². The van der Waals surface area contributed by atoms with Gasteiger partial charge in [0.05, 0.1) is 0 Å². The minimum Gasteiger partial charge on any atom is -0.295 e. The van der Waals surface area contributed by atoms with Gasteiger partial charge >= 0.3 is 0 Å². The van der Waals surface area contributed by atoms with Crippen LogP contribution in [0, 0.1) is 17.8 Å². The van der Waals surface area contributed by atoms with Crippen molar-refractivity contribution in [3.8, 4) is 0 Å². The molecule has 0 spiro atoms. The van der Waals surface area contributed by atoms with Crippen molar-refractivity contribution >= 4 is 11.4 Å². The molecule has 0 fully saturated rings. The van der Waals surface area contributed by atoms with E-state index in [0.717, 1.165) is 0 Å². The van der Waals surface area contributed by atoms with Crippen molar-refractivity contribution in [1.29, 1.82) is 0 Å². The molecule has 2 aliphatic rings. The monoisotopic (exact) mass is 266 g/mol. The van der Waals surface area contributed by atoms with Gasteiger partial charge in [0.1, 0.15) is 0 Å². The second-order valence-electron chi connectivity index (χ2n) is 6.65. The molecule has 0 saturated heterocycles. The molecule has 0 amide bonds. The second-order valence-corrected chi connectivity index (χ2v) is 6.65. The van der Waals surface area contributed by atoms with E-state index in [9.17, 15) is 4.79 Å². The number of hydrogen-bond donors (Lipinski definition) is 0. The Hall–Kier alpha value is -1.63. The fourth-order valence-corrected chi connectivity index (χ4v) is 4.13. The minimum absolute atomic E-state index is 0.0589. The zero-order valence-corrected chi connectivity index (χ0v) is 12.7. The summed E-state index contributed by atoms with van der Waals surface area (Å²) in [4.78, 5) is 12.6. The van der Waals surface area contributed by atoms with Crippen LogP contribution < -0.4 is 0 Å². The van der Waals surface area contributed by atoms with Crippen LogP contribution in [0.25, 0.3) is 5.57 Å². The van der Waals surface area contributed by atoms with Gasteiger partial charge in [0.2, 0.25) is 0 Å². The second kappa shape index (κ2) is 4.44. The lowest BCUT2D eigenvalue weighted by atomic mass is 9.51. The van der Waals surface area contributed by atoms with Crippen molar-refractivity contribution in [2.24, 2.45) is 17.8 Å². The van der Waals surface area contributed by atoms with Crippen LogP contribution in [-0.2, 0) is 10.2 Å². The van der Waals surface area contributed by atoms with Crippen molar-refractivity contribution in [2.45, 2.75) is 33.1 Å². The third kappa shape index (κ3) is 1.65. The fraction of sp³-hybridized carbons (Fsp3) is 0.421. The first-order valence-electron chi connectivity index (χ1n) is 7.46. The summed E-state index contributed by atoms with van der Waals surface area (Å²) in [5.41, 5.74) is 3.95. The number of benzene rings is 1. The van der Waals surface area contributed by atoms with Crippen LogP contribution in [0.3, 0.4) is 0 Å². The van der Waals surface area contributed by atoms with Crippen molar-refractivity contribution in [3.63, 3.8) is 0 Å². The molecule has 1 aromatic carbocycles. The van der Waals surface area contributed by atoms with Gasteiger partial charge in [0.15, 0.2) is 5.78 Å². The largest absolute Gasteiger partial charge is 0.295 e. The first-order valence-corrected chi connectivity index (χ1v) is 7.46. The molecule has 2 aliphatic carbocycles. The van der Waals surface area contributed by atoms with Gasteiger partial charge in [-0.3, -0.25) is 4.79 Å². The Balaban J connectivity index is 2.19. The van der Waals surface area contributed by atoms with Crippen LogP contribution >= 0.6 is 0 Å². The van der Waals surface area contributed by atoms with Crippen molar-refractivity contribution in [3.05, 3.63) is 53.6 Å². The number of ketones is 1. The molecule has 20 heavy (non-hydrogen) atoms. The van der Waals surface area contributed by atoms with Gasteiger partial charge in [-0.1, -0.05) is 57.2 Å². The summed E-state index contributed by atoms with van der Waals surface area (Å²) in [6.07, 6.45) is 5.95. The highest BCUT2D eigenvalue weighted by atomic mass is 16.1. The molecule has 0 aromatic heterocycles. The van der Waals surface area contributed by atoms with E-state index in [1.165, 1.54) is 16.7 Å². The summed E-state index contributed by atoms with van der Waals surface area (Å²) < 4.78 is 0. The number of rotatable bonds is 2. The van der Waals surface area contributed by atoms with Gasteiger partial charge in [-0.05, 0) is 35.6 Å². The summed E-state index contributed by atoms with van der Waals surface area (Å²) in [6.45, 7) is 8.59. The molecule has 3 rings (SSSR count). The Labute approximate surface area is 121 Å². The minimum atomic E-state index is -0.107. The smallest absolute Gasteiger partial charge is 0.159 e. The lowest BCUT2D eigenvalue weighted by molar-refractivity contribution is -0.122. The van der Waals surface area contributed by atoms with E-state index in [2.05, 4.69) is 51.1 Å². The van der Waals surface area contributed by atoms with Gasteiger partial charge in [0.25, 0.3) is 0 Å². The number of carbonyl (C=O) groups is 1. The molecule has 0 saturated carbocycles. The van der Waals surface area contributed by atoms with E-state index in [0.29, 0.717) is 11.8 Å². The predicted molar refractivity (Wildman–Crippen MR) is 83.4 cm³/mol. The molecular weight excluding hydrogens is 244 g/mol.